The molecule has 108 valence electrons. The lowest BCUT2D eigenvalue weighted by atomic mass is 10.0. The van der Waals surface area contributed by atoms with Gasteiger partial charge in [-0.3, -0.25) is 0 Å². The number of aromatic amines is 1. The number of ether oxygens (including phenoxy) is 1. The molecule has 0 aliphatic rings. The van der Waals surface area contributed by atoms with Crippen LogP contribution in [-0.4, -0.2) is 22.5 Å². The van der Waals surface area contributed by atoms with Crippen molar-refractivity contribution < 1.29 is 9.53 Å². The lowest BCUT2D eigenvalue weighted by Crippen LogP contribution is -2.03. The normalized spacial score (nSPS) is 10.4. The Morgan fingerprint density at radius 1 is 1.32 bits per heavy atom. The highest BCUT2D eigenvalue weighted by Crippen LogP contribution is 2.26. The maximum Gasteiger partial charge on any atom is 0.340 e. The average Bonchev–Trinajstić information content (AvgIpc) is 2.98. The van der Waals surface area contributed by atoms with Crippen LogP contribution in [0.1, 0.15) is 23.0 Å². The van der Waals surface area contributed by atoms with Gasteiger partial charge in [0.15, 0.2) is 0 Å². The maximum atomic E-state index is 12.0. The Hall–Kier alpha value is -3.13. The average molecular weight is 291 g/mol. The fourth-order valence-corrected chi connectivity index (χ4v) is 2.31. The standard InChI is InChI=1S/C17H13N3O2/c1-2-22-17(21)15-10-20-16-6-4-11(7-14(15)16)12-3-5-13(8-18)19-9-12/h3-7,9-10,20H,2H2,1H3. The number of nitrogens with zero attached hydrogens (tertiary/aromatic N) is 2. The second-order valence-corrected chi connectivity index (χ2v) is 4.73. The summed E-state index contributed by atoms with van der Waals surface area (Å²) in [5, 5.41) is 9.60. The number of H-pyrrole nitrogens is 1. The van der Waals surface area contributed by atoms with Crippen LogP contribution in [0.4, 0.5) is 0 Å². The van der Waals surface area contributed by atoms with E-state index >= 15 is 0 Å². The van der Waals surface area contributed by atoms with Gasteiger partial charge in [0, 0.05) is 28.9 Å². The molecule has 5 heteroatoms. The van der Waals surface area contributed by atoms with E-state index in [4.69, 9.17) is 10.00 Å². The van der Waals surface area contributed by atoms with Gasteiger partial charge in [-0.05, 0) is 36.8 Å². The topological polar surface area (TPSA) is 78.8 Å². The third-order valence-electron chi connectivity index (χ3n) is 3.39. The van der Waals surface area contributed by atoms with Gasteiger partial charge in [0.25, 0.3) is 0 Å². The van der Waals surface area contributed by atoms with E-state index in [1.807, 2.05) is 30.3 Å². The minimum atomic E-state index is -0.344. The highest BCUT2D eigenvalue weighted by molar-refractivity contribution is 6.05. The molecule has 0 aliphatic heterocycles. The smallest absolute Gasteiger partial charge is 0.340 e. The van der Waals surface area contributed by atoms with Crippen molar-refractivity contribution in [2.24, 2.45) is 0 Å². The lowest BCUT2D eigenvalue weighted by molar-refractivity contribution is 0.0529. The zero-order valence-electron chi connectivity index (χ0n) is 12.0. The predicted octanol–water partition coefficient (Wildman–Crippen LogP) is 3.28. The van der Waals surface area contributed by atoms with E-state index in [1.54, 1.807) is 25.4 Å². The summed E-state index contributed by atoms with van der Waals surface area (Å²) in [6, 6.07) is 11.3. The van der Waals surface area contributed by atoms with Gasteiger partial charge in [0.2, 0.25) is 0 Å². The second-order valence-electron chi connectivity index (χ2n) is 4.73. The fraction of sp³-hybridized carbons (Fsp3) is 0.118. The molecule has 0 radical (unpaired) electrons. The van der Waals surface area contributed by atoms with Crippen LogP contribution in [0.25, 0.3) is 22.0 Å². The number of esters is 1. The molecule has 0 amide bonds. The summed E-state index contributed by atoms with van der Waals surface area (Å²) in [7, 11) is 0. The van der Waals surface area contributed by atoms with Crippen molar-refractivity contribution >= 4 is 16.9 Å². The largest absolute Gasteiger partial charge is 0.462 e. The maximum absolute atomic E-state index is 12.0. The van der Waals surface area contributed by atoms with E-state index in [2.05, 4.69) is 9.97 Å². The molecule has 0 saturated carbocycles. The molecule has 5 nitrogen and oxygen atoms in total. The van der Waals surface area contributed by atoms with Gasteiger partial charge in [-0.15, -0.1) is 0 Å². The number of hydrogen-bond donors (Lipinski definition) is 1. The number of carbonyl (C=O) groups excluding carboxylic acids is 1. The number of carbonyl (C=O) groups is 1. The van der Waals surface area contributed by atoms with Crippen LogP contribution >= 0.6 is 0 Å². The van der Waals surface area contributed by atoms with Crippen LogP contribution in [0.15, 0.2) is 42.7 Å². The highest BCUT2D eigenvalue weighted by Gasteiger charge is 2.13. The summed E-state index contributed by atoms with van der Waals surface area (Å²) >= 11 is 0. The van der Waals surface area contributed by atoms with Crippen LogP contribution in [-0.2, 0) is 4.74 Å². The van der Waals surface area contributed by atoms with Gasteiger partial charge < -0.3 is 9.72 Å². The van der Waals surface area contributed by atoms with Crippen molar-refractivity contribution in [3.63, 3.8) is 0 Å². The lowest BCUT2D eigenvalue weighted by Gasteiger charge is -2.03. The Balaban J connectivity index is 2.06. The van der Waals surface area contributed by atoms with Gasteiger partial charge in [0.1, 0.15) is 11.8 Å². The molecule has 0 atom stereocenters. The van der Waals surface area contributed by atoms with E-state index in [-0.39, 0.29) is 5.97 Å². The Kier molecular flexibility index (Phi) is 3.58. The number of nitriles is 1. The molecule has 0 saturated heterocycles. The van der Waals surface area contributed by atoms with E-state index in [0.717, 1.165) is 22.0 Å². The first-order chi connectivity index (χ1) is 10.7. The van der Waals surface area contributed by atoms with Crippen molar-refractivity contribution in [2.45, 2.75) is 6.92 Å². The molecule has 0 fully saturated rings. The third-order valence-corrected chi connectivity index (χ3v) is 3.39. The monoisotopic (exact) mass is 291 g/mol. The zero-order chi connectivity index (χ0) is 15.5. The van der Waals surface area contributed by atoms with E-state index in [9.17, 15) is 4.79 Å². The molecule has 1 N–H and O–H groups in total. The number of rotatable bonds is 3. The first kappa shape index (κ1) is 13.8. The number of hydrogen-bond acceptors (Lipinski definition) is 4. The molecule has 0 aliphatic carbocycles. The molecule has 2 heterocycles. The summed E-state index contributed by atoms with van der Waals surface area (Å²) in [6.07, 6.45) is 3.31. The van der Waals surface area contributed by atoms with Crippen molar-refractivity contribution in [1.29, 1.82) is 5.26 Å². The van der Waals surface area contributed by atoms with Gasteiger partial charge in [-0.2, -0.15) is 5.26 Å². The first-order valence-corrected chi connectivity index (χ1v) is 6.87. The number of nitrogens with one attached hydrogen (secondary N) is 1. The molecule has 3 rings (SSSR count). The highest BCUT2D eigenvalue weighted by atomic mass is 16.5. The van der Waals surface area contributed by atoms with Crippen molar-refractivity contribution in [3.8, 4) is 17.2 Å². The minimum Gasteiger partial charge on any atom is -0.462 e. The third kappa shape index (κ3) is 2.42. The zero-order valence-corrected chi connectivity index (χ0v) is 12.0. The van der Waals surface area contributed by atoms with Crippen LogP contribution in [0.3, 0.4) is 0 Å². The van der Waals surface area contributed by atoms with Crippen LogP contribution in [0.2, 0.25) is 0 Å². The second kappa shape index (κ2) is 5.70. The molecule has 0 bridgehead atoms. The molecule has 0 spiro atoms. The Morgan fingerprint density at radius 3 is 2.82 bits per heavy atom. The van der Waals surface area contributed by atoms with Gasteiger partial charge >= 0.3 is 5.97 Å². The molecular weight excluding hydrogens is 278 g/mol. The van der Waals surface area contributed by atoms with E-state index in [0.29, 0.717) is 17.9 Å². The Labute approximate surface area is 127 Å². The van der Waals surface area contributed by atoms with Gasteiger partial charge in [-0.25, -0.2) is 9.78 Å². The molecule has 2 aromatic heterocycles. The molecular formula is C17H13N3O2. The van der Waals surface area contributed by atoms with Crippen LogP contribution in [0.5, 0.6) is 0 Å². The fourth-order valence-electron chi connectivity index (χ4n) is 2.31. The van der Waals surface area contributed by atoms with Crippen LogP contribution in [0, 0.1) is 11.3 Å². The number of pyridine rings is 1. The quantitative estimate of drug-likeness (QED) is 0.751. The van der Waals surface area contributed by atoms with Gasteiger partial charge in [-0.1, -0.05) is 6.07 Å². The summed E-state index contributed by atoms with van der Waals surface area (Å²) in [4.78, 5) is 19.1. The minimum absolute atomic E-state index is 0.338. The summed E-state index contributed by atoms with van der Waals surface area (Å²) in [5.41, 5.74) is 3.57. The van der Waals surface area contributed by atoms with E-state index < -0.39 is 0 Å². The first-order valence-electron chi connectivity index (χ1n) is 6.87. The van der Waals surface area contributed by atoms with Crippen LogP contribution < -0.4 is 0 Å². The Bertz CT molecular complexity index is 873. The van der Waals surface area contributed by atoms with Crippen molar-refractivity contribution in [1.82, 2.24) is 9.97 Å². The molecule has 22 heavy (non-hydrogen) atoms. The molecule has 3 aromatic rings. The van der Waals surface area contributed by atoms with Crippen molar-refractivity contribution in [3.05, 3.63) is 54.0 Å². The molecule has 0 unspecified atom stereocenters. The number of fused-ring (bicyclic) bond motifs is 1. The van der Waals surface area contributed by atoms with E-state index in [1.165, 1.54) is 0 Å². The molecule has 1 aromatic carbocycles. The van der Waals surface area contributed by atoms with Crippen molar-refractivity contribution in [2.75, 3.05) is 6.61 Å². The summed E-state index contributed by atoms with van der Waals surface area (Å²) < 4.78 is 5.06. The number of aromatic nitrogens is 2. The summed E-state index contributed by atoms with van der Waals surface area (Å²) in [6.45, 7) is 2.12. The van der Waals surface area contributed by atoms with Gasteiger partial charge in [0.05, 0.1) is 12.2 Å². The Morgan fingerprint density at radius 2 is 2.14 bits per heavy atom. The SMILES string of the molecule is CCOC(=O)c1c[nH]c2ccc(-c3ccc(C#N)nc3)cc12. The summed E-state index contributed by atoms with van der Waals surface area (Å²) in [5.74, 6) is -0.344. The number of benzene rings is 1. The predicted molar refractivity (Wildman–Crippen MR) is 82.2 cm³/mol.